The van der Waals surface area contributed by atoms with Crippen molar-refractivity contribution in [3.63, 3.8) is 0 Å². The molecule has 15 heavy (non-hydrogen) atoms. The Morgan fingerprint density at radius 2 is 2.13 bits per heavy atom. The van der Waals surface area contributed by atoms with Gasteiger partial charge >= 0.3 is 0 Å². The Bertz CT molecular complexity index is 538. The summed E-state index contributed by atoms with van der Waals surface area (Å²) in [5.74, 6) is 0. The van der Waals surface area contributed by atoms with Crippen molar-refractivity contribution in [2.75, 3.05) is 0 Å². The van der Waals surface area contributed by atoms with E-state index < -0.39 is 0 Å². The lowest BCUT2D eigenvalue weighted by atomic mass is 10.1. The molecule has 3 nitrogen and oxygen atoms in total. The standard InChI is InChI=1S/C11H11N3S/c1-7-9-5-3-4-6-10(9)15-11(7)8(2)13-14-12/h3-6,8H,1-2H3/t8-/m1/s1. The van der Waals surface area contributed by atoms with Crippen LogP contribution in [-0.4, -0.2) is 0 Å². The zero-order valence-corrected chi connectivity index (χ0v) is 9.45. The highest BCUT2D eigenvalue weighted by atomic mass is 32.1. The fourth-order valence-electron chi connectivity index (χ4n) is 1.72. The number of nitrogens with zero attached hydrogens (tertiary/aromatic N) is 3. The number of rotatable bonds is 2. The molecule has 0 N–H and O–H groups in total. The number of fused-ring (bicyclic) bond motifs is 1. The molecule has 0 saturated carbocycles. The van der Waals surface area contributed by atoms with E-state index in [1.54, 1.807) is 11.3 Å². The van der Waals surface area contributed by atoms with E-state index in [1.807, 2.05) is 19.1 Å². The van der Waals surface area contributed by atoms with Crippen molar-refractivity contribution in [3.05, 3.63) is 45.1 Å². The largest absolute Gasteiger partial charge is 0.140 e. The first kappa shape index (κ1) is 10.0. The quantitative estimate of drug-likeness (QED) is 0.401. The number of azide groups is 1. The zero-order valence-electron chi connectivity index (χ0n) is 8.64. The molecule has 0 radical (unpaired) electrons. The van der Waals surface area contributed by atoms with Gasteiger partial charge in [-0.2, -0.15) is 0 Å². The lowest BCUT2D eigenvalue weighted by Crippen LogP contribution is -1.85. The maximum Gasteiger partial charge on any atom is 0.0693 e. The molecule has 0 unspecified atom stereocenters. The van der Waals surface area contributed by atoms with Gasteiger partial charge in [0.1, 0.15) is 0 Å². The maximum absolute atomic E-state index is 8.43. The Hall–Kier alpha value is -1.51. The minimum absolute atomic E-state index is 0.0765. The summed E-state index contributed by atoms with van der Waals surface area (Å²) in [6, 6.07) is 8.18. The molecule has 0 aliphatic rings. The van der Waals surface area contributed by atoms with E-state index in [1.165, 1.54) is 15.6 Å². The molecule has 0 spiro atoms. The number of hydrogen-bond donors (Lipinski definition) is 0. The second-order valence-corrected chi connectivity index (χ2v) is 4.55. The fraction of sp³-hybridized carbons (Fsp3) is 0.273. The van der Waals surface area contributed by atoms with Crippen LogP contribution in [0.15, 0.2) is 29.4 Å². The molecule has 0 amide bonds. The summed E-state index contributed by atoms with van der Waals surface area (Å²) in [5, 5.41) is 5.00. The van der Waals surface area contributed by atoms with Crippen LogP contribution < -0.4 is 0 Å². The summed E-state index contributed by atoms with van der Waals surface area (Å²) < 4.78 is 1.25. The van der Waals surface area contributed by atoms with Gasteiger partial charge in [0, 0.05) is 14.5 Å². The van der Waals surface area contributed by atoms with Crippen LogP contribution in [0.25, 0.3) is 20.5 Å². The molecule has 1 atom stereocenters. The van der Waals surface area contributed by atoms with Crippen LogP contribution in [0.3, 0.4) is 0 Å². The molecule has 0 aliphatic heterocycles. The van der Waals surface area contributed by atoms with Crippen molar-refractivity contribution >= 4 is 21.4 Å². The molecule has 1 aromatic heterocycles. The highest BCUT2D eigenvalue weighted by molar-refractivity contribution is 7.19. The predicted molar refractivity (Wildman–Crippen MR) is 64.1 cm³/mol. The third-order valence-electron chi connectivity index (χ3n) is 2.48. The molecule has 0 aliphatic carbocycles. The Morgan fingerprint density at radius 1 is 1.40 bits per heavy atom. The summed E-state index contributed by atoms with van der Waals surface area (Å²) in [6.07, 6.45) is 0. The van der Waals surface area contributed by atoms with Crippen LogP contribution in [0, 0.1) is 6.92 Å². The van der Waals surface area contributed by atoms with E-state index in [-0.39, 0.29) is 6.04 Å². The maximum atomic E-state index is 8.43. The van der Waals surface area contributed by atoms with Gasteiger partial charge in [0.2, 0.25) is 0 Å². The average molecular weight is 217 g/mol. The number of aryl methyl sites for hydroxylation is 1. The Morgan fingerprint density at radius 3 is 2.80 bits per heavy atom. The number of thiophene rings is 1. The molecular weight excluding hydrogens is 206 g/mol. The molecule has 0 saturated heterocycles. The van der Waals surface area contributed by atoms with Crippen LogP contribution >= 0.6 is 11.3 Å². The summed E-state index contributed by atoms with van der Waals surface area (Å²) in [6.45, 7) is 4.01. The van der Waals surface area contributed by atoms with Gasteiger partial charge in [0.15, 0.2) is 0 Å². The van der Waals surface area contributed by atoms with E-state index >= 15 is 0 Å². The highest BCUT2D eigenvalue weighted by Gasteiger charge is 2.12. The van der Waals surface area contributed by atoms with Gasteiger partial charge in [-0.3, -0.25) is 0 Å². The second kappa shape index (κ2) is 3.93. The molecule has 76 valence electrons. The molecule has 2 aromatic rings. The molecule has 0 bridgehead atoms. The highest BCUT2D eigenvalue weighted by Crippen LogP contribution is 2.35. The second-order valence-electron chi connectivity index (χ2n) is 3.47. The van der Waals surface area contributed by atoms with Gasteiger partial charge in [0.05, 0.1) is 6.04 Å². The SMILES string of the molecule is Cc1c([C@@H](C)N=[N+]=[N-])sc2ccccc12. The van der Waals surface area contributed by atoms with Crippen LogP contribution in [0.1, 0.15) is 23.4 Å². The molecule has 1 heterocycles. The van der Waals surface area contributed by atoms with Gasteiger partial charge in [-0.15, -0.1) is 11.3 Å². The van der Waals surface area contributed by atoms with E-state index in [9.17, 15) is 0 Å². The molecule has 2 rings (SSSR count). The lowest BCUT2D eigenvalue weighted by Gasteiger charge is -2.01. The van der Waals surface area contributed by atoms with Crippen LogP contribution in [-0.2, 0) is 0 Å². The Labute approximate surface area is 92.0 Å². The first-order valence-corrected chi connectivity index (χ1v) is 5.58. The molecule has 0 fully saturated rings. The summed E-state index contributed by atoms with van der Waals surface area (Å²) >= 11 is 1.71. The molecular formula is C11H11N3S. The summed E-state index contributed by atoms with van der Waals surface area (Å²) in [5.41, 5.74) is 9.66. The summed E-state index contributed by atoms with van der Waals surface area (Å²) in [7, 11) is 0. The minimum Gasteiger partial charge on any atom is -0.140 e. The van der Waals surface area contributed by atoms with Crippen molar-refractivity contribution < 1.29 is 0 Å². The predicted octanol–water partition coefficient (Wildman–Crippen LogP) is 4.58. The smallest absolute Gasteiger partial charge is 0.0693 e. The van der Waals surface area contributed by atoms with Crippen molar-refractivity contribution in [2.24, 2.45) is 5.11 Å². The van der Waals surface area contributed by atoms with Crippen molar-refractivity contribution in [3.8, 4) is 0 Å². The van der Waals surface area contributed by atoms with E-state index in [0.717, 1.165) is 4.88 Å². The van der Waals surface area contributed by atoms with Crippen molar-refractivity contribution in [2.45, 2.75) is 19.9 Å². The molecule has 1 aromatic carbocycles. The summed E-state index contributed by atoms with van der Waals surface area (Å²) in [4.78, 5) is 4.02. The van der Waals surface area contributed by atoms with E-state index in [4.69, 9.17) is 5.53 Å². The average Bonchev–Trinajstić information content (AvgIpc) is 2.57. The van der Waals surface area contributed by atoms with Gasteiger partial charge in [-0.25, -0.2) is 0 Å². The van der Waals surface area contributed by atoms with Gasteiger partial charge in [-0.1, -0.05) is 30.2 Å². The van der Waals surface area contributed by atoms with Crippen molar-refractivity contribution in [1.29, 1.82) is 0 Å². The van der Waals surface area contributed by atoms with E-state index in [2.05, 4.69) is 29.1 Å². The Balaban J connectivity index is 2.62. The number of benzene rings is 1. The normalized spacial score (nSPS) is 12.4. The number of hydrogen-bond acceptors (Lipinski definition) is 2. The first-order chi connectivity index (χ1) is 7.24. The lowest BCUT2D eigenvalue weighted by molar-refractivity contribution is 0.821. The topological polar surface area (TPSA) is 48.8 Å². The van der Waals surface area contributed by atoms with Crippen LogP contribution in [0.5, 0.6) is 0 Å². The monoisotopic (exact) mass is 217 g/mol. The Kier molecular flexibility index (Phi) is 2.62. The fourth-order valence-corrected chi connectivity index (χ4v) is 2.92. The zero-order chi connectivity index (χ0) is 10.8. The van der Waals surface area contributed by atoms with Crippen molar-refractivity contribution in [1.82, 2.24) is 0 Å². The van der Waals surface area contributed by atoms with Crippen LogP contribution in [0.2, 0.25) is 0 Å². The minimum atomic E-state index is -0.0765. The third kappa shape index (κ3) is 1.69. The van der Waals surface area contributed by atoms with Gasteiger partial charge < -0.3 is 0 Å². The molecule has 4 heteroatoms. The van der Waals surface area contributed by atoms with Gasteiger partial charge in [-0.05, 0) is 29.5 Å². The third-order valence-corrected chi connectivity index (χ3v) is 3.93. The first-order valence-electron chi connectivity index (χ1n) is 4.76. The van der Waals surface area contributed by atoms with Crippen LogP contribution in [0.4, 0.5) is 0 Å². The van der Waals surface area contributed by atoms with E-state index in [0.29, 0.717) is 0 Å². The van der Waals surface area contributed by atoms with Gasteiger partial charge in [0.25, 0.3) is 0 Å².